The molecule has 5 N–H and O–H groups in total. The van der Waals surface area contributed by atoms with Gasteiger partial charge in [-0.15, -0.1) is 0 Å². The molecule has 0 radical (unpaired) electrons. The quantitative estimate of drug-likeness (QED) is 0.507. The summed E-state index contributed by atoms with van der Waals surface area (Å²) in [7, 11) is 0. The highest BCUT2D eigenvalue weighted by molar-refractivity contribution is 5.92. The second-order valence-electron chi connectivity index (χ2n) is 2.97. The van der Waals surface area contributed by atoms with Crippen LogP contribution >= 0.6 is 0 Å². The maximum absolute atomic E-state index is 11.4. The molecule has 0 saturated heterocycles. The highest BCUT2D eigenvalue weighted by atomic mass is 16.2. The molecule has 1 aromatic heterocycles. The summed E-state index contributed by atoms with van der Waals surface area (Å²) in [5.41, 5.74) is 5.25. The van der Waals surface area contributed by atoms with E-state index in [1.807, 2.05) is 6.92 Å². The zero-order valence-corrected chi connectivity index (χ0v) is 7.96. The van der Waals surface area contributed by atoms with E-state index in [4.69, 9.17) is 5.73 Å². The van der Waals surface area contributed by atoms with Crippen molar-refractivity contribution in [2.24, 2.45) is 5.73 Å². The largest absolute Gasteiger partial charge is 0.347 e. The molecule has 1 unspecified atom stereocenters. The van der Waals surface area contributed by atoms with Crippen molar-refractivity contribution in [3.8, 4) is 0 Å². The zero-order chi connectivity index (χ0) is 10.6. The summed E-state index contributed by atoms with van der Waals surface area (Å²) in [5, 5.41) is 2.69. The normalized spacial score (nSPS) is 12.4. The van der Waals surface area contributed by atoms with Crippen LogP contribution in [-0.4, -0.2) is 28.5 Å². The number of aromatic amines is 2. The number of carbonyl (C=O) groups is 1. The van der Waals surface area contributed by atoms with Crippen LogP contribution in [0.2, 0.25) is 0 Å². The molecule has 78 valence electrons. The maximum atomic E-state index is 11.4. The van der Waals surface area contributed by atoms with E-state index in [9.17, 15) is 9.59 Å². The number of carbonyl (C=O) groups excluding carboxylic acids is 1. The Bertz CT molecular complexity index is 350. The third-order valence-corrected chi connectivity index (χ3v) is 1.95. The maximum Gasteiger partial charge on any atom is 0.323 e. The van der Waals surface area contributed by atoms with E-state index in [0.29, 0.717) is 6.54 Å². The molecule has 1 aromatic rings. The number of nitrogens with two attached hydrogens (primary N) is 1. The van der Waals surface area contributed by atoms with Crippen LogP contribution in [0.4, 0.5) is 0 Å². The molecule has 1 amide bonds. The smallest absolute Gasteiger partial charge is 0.323 e. The fraction of sp³-hybridized carbons (Fsp3) is 0.500. The van der Waals surface area contributed by atoms with Gasteiger partial charge in [0.2, 0.25) is 0 Å². The topological polar surface area (TPSA) is 104 Å². The number of hydrogen-bond donors (Lipinski definition) is 4. The van der Waals surface area contributed by atoms with E-state index in [1.54, 1.807) is 0 Å². The number of nitrogens with one attached hydrogen (secondary N) is 3. The van der Waals surface area contributed by atoms with Crippen molar-refractivity contribution in [2.45, 2.75) is 19.4 Å². The monoisotopic (exact) mass is 198 g/mol. The van der Waals surface area contributed by atoms with Crippen molar-refractivity contribution >= 4 is 5.91 Å². The standard InChI is InChI=1S/C8H14N4O2/c1-2-5(3-9)11-7(13)6-4-10-8(14)12-6/h4-5H,2-3,9H2,1H3,(H,11,13)(H2,10,12,14). The van der Waals surface area contributed by atoms with Gasteiger partial charge in [0.05, 0.1) is 0 Å². The molecule has 0 bridgehead atoms. The van der Waals surface area contributed by atoms with Crippen LogP contribution < -0.4 is 16.7 Å². The summed E-state index contributed by atoms with van der Waals surface area (Å²) in [6.45, 7) is 2.31. The lowest BCUT2D eigenvalue weighted by atomic mass is 10.2. The highest BCUT2D eigenvalue weighted by Crippen LogP contribution is 1.92. The molecule has 0 aliphatic carbocycles. The van der Waals surface area contributed by atoms with Crippen LogP contribution in [-0.2, 0) is 0 Å². The fourth-order valence-electron chi connectivity index (χ4n) is 1.05. The van der Waals surface area contributed by atoms with E-state index in [0.717, 1.165) is 6.42 Å². The van der Waals surface area contributed by atoms with E-state index in [-0.39, 0.29) is 17.6 Å². The van der Waals surface area contributed by atoms with Gasteiger partial charge in [-0.2, -0.15) is 0 Å². The first kappa shape index (κ1) is 10.5. The Balaban J connectivity index is 2.62. The van der Waals surface area contributed by atoms with Crippen LogP contribution in [0.5, 0.6) is 0 Å². The predicted molar refractivity (Wildman–Crippen MR) is 52.0 cm³/mol. The Morgan fingerprint density at radius 2 is 2.43 bits per heavy atom. The van der Waals surface area contributed by atoms with Crippen LogP contribution in [0.15, 0.2) is 11.0 Å². The number of H-pyrrole nitrogens is 2. The van der Waals surface area contributed by atoms with Crippen molar-refractivity contribution in [1.82, 2.24) is 15.3 Å². The van der Waals surface area contributed by atoms with E-state index in [2.05, 4.69) is 15.3 Å². The predicted octanol–water partition coefficient (Wildman–Crippen LogP) is -0.830. The molecule has 0 fully saturated rings. The van der Waals surface area contributed by atoms with Gasteiger partial charge in [-0.1, -0.05) is 6.92 Å². The molecular formula is C8H14N4O2. The molecule has 14 heavy (non-hydrogen) atoms. The summed E-state index contributed by atoms with van der Waals surface area (Å²) >= 11 is 0. The number of hydrogen-bond acceptors (Lipinski definition) is 3. The van der Waals surface area contributed by atoms with Gasteiger partial charge in [-0.25, -0.2) is 4.79 Å². The molecule has 6 nitrogen and oxygen atoms in total. The van der Waals surface area contributed by atoms with Gasteiger partial charge in [-0.3, -0.25) is 4.79 Å². The molecule has 1 atom stereocenters. The van der Waals surface area contributed by atoms with E-state index in [1.165, 1.54) is 6.20 Å². The lowest BCUT2D eigenvalue weighted by Crippen LogP contribution is -2.39. The third kappa shape index (κ3) is 2.46. The summed E-state index contributed by atoms with van der Waals surface area (Å²) in [4.78, 5) is 26.9. The molecular weight excluding hydrogens is 184 g/mol. The number of amides is 1. The summed E-state index contributed by atoms with van der Waals surface area (Å²) < 4.78 is 0. The van der Waals surface area contributed by atoms with Crippen molar-refractivity contribution in [3.63, 3.8) is 0 Å². The average Bonchev–Trinajstić information content (AvgIpc) is 2.61. The van der Waals surface area contributed by atoms with Crippen molar-refractivity contribution < 1.29 is 4.79 Å². The van der Waals surface area contributed by atoms with E-state index >= 15 is 0 Å². The Kier molecular flexibility index (Phi) is 3.47. The highest BCUT2D eigenvalue weighted by Gasteiger charge is 2.11. The number of aromatic nitrogens is 2. The minimum Gasteiger partial charge on any atom is -0.347 e. The van der Waals surface area contributed by atoms with Crippen LogP contribution in [0.3, 0.4) is 0 Å². The lowest BCUT2D eigenvalue weighted by Gasteiger charge is -2.13. The van der Waals surface area contributed by atoms with Gasteiger partial charge in [0.1, 0.15) is 5.69 Å². The van der Waals surface area contributed by atoms with Gasteiger partial charge >= 0.3 is 5.69 Å². The Morgan fingerprint density at radius 3 is 2.86 bits per heavy atom. The van der Waals surface area contributed by atoms with Crippen molar-refractivity contribution in [1.29, 1.82) is 0 Å². The van der Waals surface area contributed by atoms with Gasteiger partial charge < -0.3 is 21.0 Å². The minimum atomic E-state index is -0.393. The lowest BCUT2D eigenvalue weighted by molar-refractivity contribution is 0.0932. The SMILES string of the molecule is CCC(CN)NC(=O)c1c[nH]c(=O)[nH]1. The molecule has 0 spiro atoms. The average molecular weight is 198 g/mol. The molecule has 1 heterocycles. The van der Waals surface area contributed by atoms with Gasteiger partial charge in [0, 0.05) is 18.8 Å². The molecule has 0 aliphatic heterocycles. The number of imidazole rings is 1. The number of rotatable bonds is 4. The molecule has 0 saturated carbocycles. The second-order valence-corrected chi connectivity index (χ2v) is 2.97. The van der Waals surface area contributed by atoms with Gasteiger partial charge in [0.25, 0.3) is 5.91 Å². The summed E-state index contributed by atoms with van der Waals surface area (Å²) in [5.74, 6) is -0.319. The second kappa shape index (κ2) is 4.61. The van der Waals surface area contributed by atoms with Crippen LogP contribution in [0, 0.1) is 0 Å². The fourth-order valence-corrected chi connectivity index (χ4v) is 1.05. The van der Waals surface area contributed by atoms with Crippen LogP contribution in [0.25, 0.3) is 0 Å². The minimum absolute atomic E-state index is 0.0547. The molecule has 0 aliphatic rings. The summed E-state index contributed by atoms with van der Waals surface area (Å²) in [6.07, 6.45) is 2.10. The Labute approximate surface area is 80.9 Å². The zero-order valence-electron chi connectivity index (χ0n) is 7.96. The summed E-state index contributed by atoms with van der Waals surface area (Å²) in [6, 6.07) is -0.0547. The van der Waals surface area contributed by atoms with Gasteiger partial charge in [-0.05, 0) is 6.42 Å². The van der Waals surface area contributed by atoms with Crippen LogP contribution in [0.1, 0.15) is 23.8 Å². The molecule has 0 aromatic carbocycles. The molecule has 1 rings (SSSR count). The molecule has 6 heteroatoms. The Hall–Kier alpha value is -1.56. The van der Waals surface area contributed by atoms with E-state index < -0.39 is 5.69 Å². The van der Waals surface area contributed by atoms with Crippen molar-refractivity contribution in [2.75, 3.05) is 6.54 Å². The first-order valence-electron chi connectivity index (χ1n) is 4.46. The first-order chi connectivity index (χ1) is 6.67. The van der Waals surface area contributed by atoms with Crippen molar-refractivity contribution in [3.05, 3.63) is 22.4 Å². The Morgan fingerprint density at radius 1 is 1.71 bits per heavy atom. The van der Waals surface area contributed by atoms with Gasteiger partial charge in [0.15, 0.2) is 0 Å². The first-order valence-corrected chi connectivity index (χ1v) is 4.46. The third-order valence-electron chi connectivity index (χ3n) is 1.95.